The van der Waals surface area contributed by atoms with Crippen LogP contribution in [-0.2, 0) is 0 Å². The Morgan fingerprint density at radius 1 is 1.16 bits per heavy atom. The second-order valence-corrected chi connectivity index (χ2v) is 3.98. The van der Waals surface area contributed by atoms with Crippen LogP contribution in [0.4, 0.5) is 4.39 Å². The van der Waals surface area contributed by atoms with Gasteiger partial charge >= 0.3 is 0 Å². The van der Waals surface area contributed by atoms with Crippen molar-refractivity contribution in [3.63, 3.8) is 0 Å². The molecule has 1 heterocycles. The summed E-state index contributed by atoms with van der Waals surface area (Å²) in [6, 6.07) is 5.68. The fourth-order valence-electron chi connectivity index (χ4n) is 1.87. The average molecular weight is 262 g/mol. The molecule has 0 aliphatic carbocycles. The lowest BCUT2D eigenvalue weighted by Crippen LogP contribution is -2.15. The lowest BCUT2D eigenvalue weighted by Gasteiger charge is -2.16. The van der Waals surface area contributed by atoms with Gasteiger partial charge in [-0.05, 0) is 12.1 Å². The number of hydrogen-bond acceptors (Lipinski definition) is 4. The van der Waals surface area contributed by atoms with Crippen LogP contribution in [0.5, 0.6) is 11.5 Å². The van der Waals surface area contributed by atoms with E-state index in [1.54, 1.807) is 30.6 Å². The third kappa shape index (κ3) is 2.66. The van der Waals surface area contributed by atoms with Crippen LogP contribution in [0.15, 0.2) is 36.7 Å². The molecule has 100 valence electrons. The number of benzene rings is 1. The molecule has 0 amide bonds. The molecule has 2 aromatic rings. The maximum Gasteiger partial charge on any atom is 0.142 e. The highest BCUT2D eigenvalue weighted by atomic mass is 19.1. The summed E-state index contributed by atoms with van der Waals surface area (Å²) in [4.78, 5) is 3.95. The molecule has 2 rings (SSSR count). The molecule has 0 radical (unpaired) electrons. The number of halogens is 1. The van der Waals surface area contributed by atoms with Gasteiger partial charge in [0.2, 0.25) is 0 Å². The Bertz CT molecular complexity index is 575. The average Bonchev–Trinajstić information content (AvgIpc) is 2.46. The third-order valence-electron chi connectivity index (χ3n) is 2.91. The maximum atomic E-state index is 14.0. The Morgan fingerprint density at radius 3 is 2.58 bits per heavy atom. The van der Waals surface area contributed by atoms with Gasteiger partial charge in [0, 0.05) is 23.4 Å². The summed E-state index contributed by atoms with van der Waals surface area (Å²) < 4.78 is 24.1. The minimum Gasteiger partial charge on any atom is -0.497 e. The highest BCUT2D eigenvalue weighted by Gasteiger charge is 2.17. The molecule has 0 saturated heterocycles. The molecule has 0 spiro atoms. The van der Waals surface area contributed by atoms with Crippen LogP contribution in [0, 0.1) is 5.82 Å². The van der Waals surface area contributed by atoms with Gasteiger partial charge in [-0.3, -0.25) is 4.98 Å². The topological polar surface area (TPSA) is 57.4 Å². The van der Waals surface area contributed by atoms with Gasteiger partial charge in [-0.15, -0.1) is 0 Å². The van der Waals surface area contributed by atoms with E-state index in [4.69, 9.17) is 15.2 Å². The Hall–Kier alpha value is -2.14. The summed E-state index contributed by atoms with van der Waals surface area (Å²) >= 11 is 0. The highest BCUT2D eigenvalue weighted by molar-refractivity contribution is 5.41. The number of methoxy groups -OCH3 is 2. The zero-order valence-electron chi connectivity index (χ0n) is 10.8. The van der Waals surface area contributed by atoms with E-state index in [9.17, 15) is 4.39 Å². The normalized spacial score (nSPS) is 12.0. The van der Waals surface area contributed by atoms with Crippen LogP contribution in [0.1, 0.15) is 17.2 Å². The molecule has 0 aliphatic rings. The van der Waals surface area contributed by atoms with Gasteiger partial charge < -0.3 is 15.2 Å². The summed E-state index contributed by atoms with van der Waals surface area (Å²) in [5.41, 5.74) is 7.16. The monoisotopic (exact) mass is 262 g/mol. The third-order valence-corrected chi connectivity index (χ3v) is 2.91. The van der Waals surface area contributed by atoms with Gasteiger partial charge in [0.25, 0.3) is 0 Å². The molecule has 0 bridgehead atoms. The lowest BCUT2D eigenvalue weighted by atomic mass is 9.99. The Morgan fingerprint density at radius 2 is 1.95 bits per heavy atom. The summed E-state index contributed by atoms with van der Waals surface area (Å²) in [5, 5.41) is 0. The molecule has 1 aromatic heterocycles. The molecule has 0 saturated carbocycles. The molecule has 1 unspecified atom stereocenters. The first-order chi connectivity index (χ1) is 9.17. The standard InChI is InChI=1S/C14H15FN2O2/c1-18-9-3-4-10(12(15)7-9)14(16)11-5-6-17-8-13(11)19-2/h3-8,14H,16H2,1-2H3. The first-order valence-corrected chi connectivity index (χ1v) is 5.74. The van der Waals surface area contributed by atoms with Crippen LogP contribution < -0.4 is 15.2 Å². The minimum absolute atomic E-state index is 0.380. The van der Waals surface area contributed by atoms with Crippen LogP contribution in [0.3, 0.4) is 0 Å². The Labute approximate surface area is 111 Å². The zero-order valence-corrected chi connectivity index (χ0v) is 10.8. The summed E-state index contributed by atoms with van der Waals surface area (Å²) in [5.74, 6) is 0.575. The van der Waals surface area contributed by atoms with Gasteiger partial charge in [-0.25, -0.2) is 4.39 Å². The number of rotatable bonds is 4. The molecular weight excluding hydrogens is 247 g/mol. The van der Waals surface area contributed by atoms with Crippen molar-refractivity contribution in [3.8, 4) is 11.5 Å². The van der Waals surface area contributed by atoms with Crippen molar-refractivity contribution in [2.24, 2.45) is 5.73 Å². The van der Waals surface area contributed by atoms with Crippen molar-refractivity contribution in [2.75, 3.05) is 14.2 Å². The van der Waals surface area contributed by atoms with Gasteiger partial charge in [0.05, 0.1) is 26.5 Å². The predicted molar refractivity (Wildman–Crippen MR) is 69.8 cm³/mol. The first-order valence-electron chi connectivity index (χ1n) is 5.74. The maximum absolute atomic E-state index is 14.0. The second-order valence-electron chi connectivity index (χ2n) is 3.98. The Balaban J connectivity index is 2.41. The van der Waals surface area contributed by atoms with Gasteiger partial charge in [-0.1, -0.05) is 6.07 Å². The van der Waals surface area contributed by atoms with Crippen molar-refractivity contribution >= 4 is 0 Å². The minimum atomic E-state index is -0.621. The van der Waals surface area contributed by atoms with E-state index in [2.05, 4.69) is 4.98 Å². The molecule has 19 heavy (non-hydrogen) atoms. The fraction of sp³-hybridized carbons (Fsp3) is 0.214. The zero-order chi connectivity index (χ0) is 13.8. The van der Waals surface area contributed by atoms with E-state index < -0.39 is 11.9 Å². The second kappa shape index (κ2) is 5.67. The van der Waals surface area contributed by atoms with Gasteiger partial charge in [0.1, 0.15) is 17.3 Å². The number of aromatic nitrogens is 1. The quantitative estimate of drug-likeness (QED) is 0.918. The molecule has 4 nitrogen and oxygen atoms in total. The molecule has 0 aliphatic heterocycles. The van der Waals surface area contributed by atoms with E-state index in [1.807, 2.05) is 0 Å². The molecule has 2 N–H and O–H groups in total. The predicted octanol–water partition coefficient (Wildman–Crippen LogP) is 2.29. The molecule has 0 fully saturated rings. The van der Waals surface area contributed by atoms with Crippen LogP contribution >= 0.6 is 0 Å². The van der Waals surface area contributed by atoms with E-state index in [0.29, 0.717) is 22.6 Å². The smallest absolute Gasteiger partial charge is 0.142 e. The molecular formula is C14H15FN2O2. The largest absolute Gasteiger partial charge is 0.497 e. The Kier molecular flexibility index (Phi) is 3.97. The van der Waals surface area contributed by atoms with E-state index in [1.165, 1.54) is 20.3 Å². The van der Waals surface area contributed by atoms with Crippen LogP contribution in [0.2, 0.25) is 0 Å². The summed E-state index contributed by atoms with van der Waals surface area (Å²) in [7, 11) is 3.01. The molecule has 5 heteroatoms. The summed E-state index contributed by atoms with van der Waals surface area (Å²) in [6.45, 7) is 0. The van der Waals surface area contributed by atoms with Crippen molar-refractivity contribution < 1.29 is 13.9 Å². The first kappa shape index (κ1) is 13.3. The van der Waals surface area contributed by atoms with E-state index in [0.717, 1.165) is 0 Å². The number of nitrogens with zero attached hydrogens (tertiary/aromatic N) is 1. The van der Waals surface area contributed by atoms with Crippen molar-refractivity contribution in [3.05, 3.63) is 53.6 Å². The molecule has 1 aromatic carbocycles. The van der Waals surface area contributed by atoms with Gasteiger partial charge in [0.15, 0.2) is 0 Å². The molecule has 1 atom stereocenters. The number of pyridine rings is 1. The van der Waals surface area contributed by atoms with Crippen molar-refractivity contribution in [2.45, 2.75) is 6.04 Å². The lowest BCUT2D eigenvalue weighted by molar-refractivity contribution is 0.404. The summed E-state index contributed by atoms with van der Waals surface area (Å²) in [6.07, 6.45) is 3.15. The van der Waals surface area contributed by atoms with Crippen LogP contribution in [0.25, 0.3) is 0 Å². The highest BCUT2D eigenvalue weighted by Crippen LogP contribution is 2.30. The number of ether oxygens (including phenoxy) is 2. The number of hydrogen-bond donors (Lipinski definition) is 1. The van der Waals surface area contributed by atoms with Crippen molar-refractivity contribution in [1.29, 1.82) is 0 Å². The van der Waals surface area contributed by atoms with Crippen LogP contribution in [-0.4, -0.2) is 19.2 Å². The van der Waals surface area contributed by atoms with E-state index in [-0.39, 0.29) is 0 Å². The SMILES string of the molecule is COc1ccc(C(N)c2ccncc2OC)c(F)c1. The van der Waals surface area contributed by atoms with Gasteiger partial charge in [-0.2, -0.15) is 0 Å². The number of nitrogens with two attached hydrogens (primary N) is 1. The fourth-order valence-corrected chi connectivity index (χ4v) is 1.87. The van der Waals surface area contributed by atoms with Crippen molar-refractivity contribution in [1.82, 2.24) is 4.98 Å². The van der Waals surface area contributed by atoms with E-state index >= 15 is 0 Å².